The molecule has 6 fully saturated rings. The van der Waals surface area contributed by atoms with Crippen LogP contribution in [-0.4, -0.2) is 152 Å². The van der Waals surface area contributed by atoms with E-state index >= 15 is 0 Å². The number of carbonyl (C=O) groups is 2. The Kier molecular flexibility index (Phi) is 50.6. The first kappa shape index (κ1) is 89.0. The Hall–Kier alpha value is -0.0410. The Labute approximate surface area is 623 Å². The van der Waals surface area contributed by atoms with Gasteiger partial charge in [-0.25, -0.2) is 9.97 Å². The molecule has 6 aliphatic carbocycles. The van der Waals surface area contributed by atoms with Crippen molar-refractivity contribution in [2.75, 3.05) is 39.3 Å². The van der Waals surface area contributed by atoms with Crippen LogP contribution in [0, 0.1) is 0 Å². The normalized spacial score (nSPS) is 27.7. The van der Waals surface area contributed by atoms with Gasteiger partial charge in [0.25, 0.3) is 0 Å². The van der Waals surface area contributed by atoms with Crippen molar-refractivity contribution in [1.82, 2.24) is 57.5 Å². The number of nitrogens with two attached hydrogens (primary N) is 2. The molecule has 0 saturated heterocycles. The summed E-state index contributed by atoms with van der Waals surface area (Å²) in [6, 6.07) is 16.1. The molecule has 93 heavy (non-hydrogen) atoms. The number of aldehydes is 2. The van der Waals surface area contributed by atoms with E-state index in [0.717, 1.165) is 93.0 Å². The van der Waals surface area contributed by atoms with Gasteiger partial charge in [-0.15, -0.1) is 49.6 Å². The van der Waals surface area contributed by atoms with Crippen molar-refractivity contribution in [2.45, 2.75) is 240 Å². The zero-order valence-corrected chi connectivity index (χ0v) is 64.0. The van der Waals surface area contributed by atoms with E-state index in [1.165, 1.54) is 153 Å². The van der Waals surface area contributed by atoms with Crippen LogP contribution in [0.3, 0.4) is 0 Å². The van der Waals surface area contributed by atoms with E-state index in [9.17, 15) is 9.59 Å². The van der Waals surface area contributed by atoms with Crippen molar-refractivity contribution in [3.63, 3.8) is 0 Å². The number of nitrogens with zero attached hydrogens (tertiary/aromatic N) is 5. The molecule has 5 heterocycles. The number of nitrogens with one attached hydrogen (secondary N) is 8. The number of hydrogen-bond acceptors (Lipinski definition) is 17. The Morgan fingerprint density at radius 3 is 1.11 bits per heavy atom. The molecule has 532 valence electrons. The monoisotopic (exact) mass is 1600 g/mol. The fourth-order valence-electron chi connectivity index (χ4n) is 13.6. The number of halogens is 11. The third kappa shape index (κ3) is 34.5. The van der Waals surface area contributed by atoms with Crippen LogP contribution in [0.2, 0.25) is 15.1 Å². The number of carbonyl (C=O) groups excluding carboxylic acids is 2. The molecule has 30 heteroatoms. The van der Waals surface area contributed by atoms with E-state index in [0.29, 0.717) is 95.1 Å². The summed E-state index contributed by atoms with van der Waals surface area (Å²) in [6.45, 7) is 7.68. The first-order chi connectivity index (χ1) is 43.4. The Balaban J connectivity index is 0.000000420. The molecule has 0 spiro atoms. The molecule has 11 rings (SSSR count). The van der Waals surface area contributed by atoms with E-state index < -0.39 is 0 Å². The van der Waals surface area contributed by atoms with Crippen LogP contribution >= 0.6 is 125 Å². The topological polar surface area (TPSA) is 246 Å². The number of hydrogen-bond donors (Lipinski definition) is 10. The van der Waals surface area contributed by atoms with Gasteiger partial charge < -0.3 is 54.0 Å². The molecule has 2 aliphatic heterocycles. The van der Waals surface area contributed by atoms with Gasteiger partial charge in [0, 0.05) is 140 Å². The van der Waals surface area contributed by atoms with Gasteiger partial charge in [-0.1, -0.05) is 112 Å². The number of aromatic nitrogens is 3. The van der Waals surface area contributed by atoms with Gasteiger partial charge in [0.15, 0.2) is 12.6 Å². The molecule has 3 aromatic heterocycles. The van der Waals surface area contributed by atoms with Gasteiger partial charge >= 0.3 is 66.7 Å². The van der Waals surface area contributed by atoms with E-state index in [2.05, 4.69) is 47.5 Å². The van der Waals surface area contributed by atoms with Gasteiger partial charge in [0.2, 0.25) is 0 Å². The van der Waals surface area contributed by atoms with E-state index in [1.807, 2.05) is 36.7 Å². The zero-order valence-electron chi connectivity index (χ0n) is 53.1. The molecule has 5 unspecified atom stereocenters. The summed E-state index contributed by atoms with van der Waals surface area (Å²) in [5.41, 5.74) is 16.3. The fraction of sp³-hybridized carbons (Fsp3) is 0.698. The van der Waals surface area contributed by atoms with Crippen LogP contribution < -0.4 is 54.0 Å². The van der Waals surface area contributed by atoms with Crippen LogP contribution in [-0.2, 0) is 39.4 Å². The third-order valence-electron chi connectivity index (χ3n) is 18.1. The van der Waals surface area contributed by atoms with Crippen molar-refractivity contribution in [3.8, 4) is 0 Å². The molecule has 6 saturated carbocycles. The van der Waals surface area contributed by atoms with Gasteiger partial charge in [-0.3, -0.25) is 24.6 Å². The number of rotatable bonds is 7. The number of fused-ring (bicyclic) bond motifs is 8. The minimum absolute atomic E-state index is 0. The first-order valence-corrected chi connectivity index (χ1v) is 40.1. The maximum absolute atomic E-state index is 10.2. The summed E-state index contributed by atoms with van der Waals surface area (Å²) in [5.74, 6) is 0. The van der Waals surface area contributed by atoms with Crippen molar-refractivity contribution in [2.24, 2.45) is 21.5 Å². The average molecular weight is 1600 g/mol. The molecular weight excluding hydrogens is 1500 g/mol. The van der Waals surface area contributed by atoms with Gasteiger partial charge in [0.1, 0.15) is 11.4 Å². The molecule has 12 N–H and O–H groups in total. The quantitative estimate of drug-likeness (QED) is 0.0601. The van der Waals surface area contributed by atoms with E-state index in [-0.39, 0.29) is 87.3 Å². The molecule has 0 radical (unpaired) electrons. The summed E-state index contributed by atoms with van der Waals surface area (Å²) in [4.78, 5) is 43.3. The molecule has 8 aliphatic rings. The van der Waals surface area contributed by atoms with Gasteiger partial charge in [0.05, 0.1) is 34.9 Å². The zero-order chi connectivity index (χ0) is 63.4. The third-order valence-corrected chi connectivity index (χ3v) is 18.8. The molecule has 17 nitrogen and oxygen atoms in total. The summed E-state index contributed by atoms with van der Waals surface area (Å²) in [5, 5.41) is 31.6. The Bertz CT molecular complexity index is 2400. The molecular formula is C63H102Cl11Mn2N15O2. The summed E-state index contributed by atoms with van der Waals surface area (Å²) < 4.78 is 0. The molecule has 0 aromatic carbocycles. The average Bonchev–Trinajstić information content (AvgIpc) is 2.11. The van der Waals surface area contributed by atoms with Crippen LogP contribution in [0.5, 0.6) is 0 Å². The Morgan fingerprint density at radius 2 is 0.731 bits per heavy atom. The second-order valence-electron chi connectivity index (χ2n) is 24.4. The molecule has 3 aromatic rings. The predicted molar refractivity (Wildman–Crippen MR) is 392 cm³/mol. The van der Waals surface area contributed by atoms with Crippen LogP contribution in [0.25, 0.3) is 0 Å². The molecule has 4 bridgehead atoms. The standard InChI is InChI=1S/C21H34ClN5.C21H30ClN5.C14H30N4.C7H4ClNO2.8ClH.2Mn/c2*22-15-11-16-13-25-20-7-3-1-5-18(20)23-9-10-24-19-6-2-4-8-21(19)26-14-17(12-15)27-16;15-11-5-1-3-7-13(11)17-9-10-18-14-8-4-2-6-12(14)16;8-5-1-6(3-10)9-7(2-5)4-11;;;;;;;;;;/h11-12,18-21,23-26H,1-10,13-14H2;11-14,18-21,23-24H,1-10H2;11-14,17-18H,1-10,15-16H2;1-4H;8*1H;;/q;;;;;;;;;;;;2*+2/p-4/t2*18-,19?,20-,21?;11-,12-,13-,14?;;;;;;;;;;;/m111.........../s1. The summed E-state index contributed by atoms with van der Waals surface area (Å²) in [7, 11) is 19.2. The predicted octanol–water partition coefficient (Wildman–Crippen LogP) is 12.6. The summed E-state index contributed by atoms with van der Waals surface area (Å²) >= 11 is 18.3. The minimum atomic E-state index is 0. The second-order valence-corrected chi connectivity index (χ2v) is 29.7. The van der Waals surface area contributed by atoms with Gasteiger partial charge in [-0.2, -0.15) is 0 Å². The van der Waals surface area contributed by atoms with Gasteiger partial charge in [-0.05, 0) is 113 Å². The number of pyridine rings is 3. The van der Waals surface area contributed by atoms with Crippen molar-refractivity contribution < 1.29 is 35.9 Å². The molecule has 12 atom stereocenters. The van der Waals surface area contributed by atoms with Crippen LogP contribution in [0.4, 0.5) is 0 Å². The fourth-order valence-corrected chi connectivity index (χ4v) is 14.3. The molecule has 0 amide bonds. The SMILES string of the molecule is Cl.Cl.Cl.Cl.Clc1cc2nc(c1)C=N[C@@H]1CCCC[C@H]1NCCNC1CCCCC1N=C2.Clc1cc2nc(c1)CN[C@@H]1CCCC[C@H]1NCCNC1CCCCC1NC2.N[C@@H]1CCCCC1NCCN[C@@H]1CCCC[C@H]1N.O=Cc1cc(Cl)cc(C=O)n1.[Cl][Mn][Cl].[Cl][Mn][Cl]. The number of aliphatic imine (C=N–C) groups is 2. The van der Waals surface area contributed by atoms with Crippen molar-refractivity contribution in [3.05, 3.63) is 85.6 Å². The maximum atomic E-state index is 10.2. The van der Waals surface area contributed by atoms with Crippen LogP contribution in [0.15, 0.2) is 46.4 Å². The second kappa shape index (κ2) is 52.9. The Morgan fingerprint density at radius 1 is 0.419 bits per heavy atom. The first-order valence-electron chi connectivity index (χ1n) is 32.5. The van der Waals surface area contributed by atoms with Crippen LogP contribution in [0.1, 0.15) is 198 Å². The van der Waals surface area contributed by atoms with Crippen molar-refractivity contribution >= 4 is 150 Å². The van der Waals surface area contributed by atoms with Crippen molar-refractivity contribution in [1.29, 1.82) is 0 Å². The summed E-state index contributed by atoms with van der Waals surface area (Å²) in [6.07, 6.45) is 35.0. The van der Waals surface area contributed by atoms with E-state index in [4.69, 9.17) is 107 Å². The van der Waals surface area contributed by atoms with E-state index in [1.54, 1.807) is 0 Å².